The summed E-state index contributed by atoms with van der Waals surface area (Å²) < 4.78 is 9.56. The Labute approximate surface area is 271 Å². The van der Waals surface area contributed by atoms with E-state index in [1.54, 1.807) is 0 Å². The Morgan fingerprint density at radius 1 is 0.609 bits per heavy atom. The van der Waals surface area contributed by atoms with Gasteiger partial charge in [-0.15, -0.1) is 0 Å². The van der Waals surface area contributed by atoms with Gasteiger partial charge < -0.3 is 9.64 Å². The normalized spacial score (nSPS) is 17.4. The number of anilines is 1. The smallest absolute Gasteiger partial charge is 0.219 e. The van der Waals surface area contributed by atoms with E-state index in [-0.39, 0.29) is 5.41 Å². The summed E-state index contributed by atoms with van der Waals surface area (Å²) in [5.41, 5.74) is 11.9. The third-order valence-corrected chi connectivity index (χ3v) is 9.94. The van der Waals surface area contributed by atoms with Crippen LogP contribution in [-0.4, -0.2) is 12.8 Å². The minimum atomic E-state index is -0.620. The molecule has 0 N–H and O–H groups in total. The van der Waals surface area contributed by atoms with Crippen LogP contribution >= 0.6 is 0 Å². The number of aryl methyl sites for hydroxylation is 1. The molecule has 0 aliphatic carbocycles. The van der Waals surface area contributed by atoms with Crippen LogP contribution < -0.4 is 14.2 Å². The van der Waals surface area contributed by atoms with Crippen molar-refractivity contribution >= 4 is 11.8 Å². The van der Waals surface area contributed by atoms with Gasteiger partial charge >= 0.3 is 0 Å². The third-order valence-electron chi connectivity index (χ3n) is 9.94. The molecule has 8 rings (SSSR count). The number of aromatic nitrogens is 1. The summed E-state index contributed by atoms with van der Waals surface area (Å²) in [5, 5.41) is 0. The van der Waals surface area contributed by atoms with Crippen molar-refractivity contribution in [1.82, 2.24) is 0 Å². The van der Waals surface area contributed by atoms with Gasteiger partial charge in [-0.1, -0.05) is 84.9 Å². The van der Waals surface area contributed by atoms with Crippen molar-refractivity contribution in [3.8, 4) is 45.1 Å². The maximum atomic E-state index is 7.15. The number of likely N-dealkylation sites (N-methyl/N-ethyl adjacent to an activating group) is 1. The fourth-order valence-corrected chi connectivity index (χ4v) is 7.48. The lowest BCUT2D eigenvalue weighted by Crippen LogP contribution is -2.58. The van der Waals surface area contributed by atoms with Gasteiger partial charge in [-0.3, -0.25) is 0 Å². The number of hydrogen-bond donors (Lipinski definition) is 0. The molecule has 3 heteroatoms. The van der Waals surface area contributed by atoms with Crippen LogP contribution in [0.25, 0.3) is 45.4 Å². The van der Waals surface area contributed by atoms with Crippen LogP contribution in [0.4, 0.5) is 5.69 Å². The van der Waals surface area contributed by atoms with Crippen LogP contribution in [0, 0.1) is 6.92 Å². The second-order valence-electron chi connectivity index (χ2n) is 13.0. The first-order valence-electron chi connectivity index (χ1n) is 16.0. The Morgan fingerprint density at radius 3 is 1.74 bits per heavy atom. The number of fused-ring (bicyclic) bond motifs is 2. The lowest BCUT2D eigenvalue weighted by molar-refractivity contribution is -0.572. The van der Waals surface area contributed by atoms with E-state index in [2.05, 4.69) is 189 Å². The Kier molecular flexibility index (Phi) is 6.47. The van der Waals surface area contributed by atoms with Gasteiger partial charge in [0.1, 0.15) is 5.75 Å². The molecular weight excluding hydrogens is 560 g/mol. The van der Waals surface area contributed by atoms with Crippen LogP contribution in [0.1, 0.15) is 30.5 Å². The van der Waals surface area contributed by atoms with E-state index < -0.39 is 5.72 Å². The van der Waals surface area contributed by atoms with Gasteiger partial charge in [-0.25, -0.2) is 0 Å². The maximum absolute atomic E-state index is 7.15. The Balaban J connectivity index is 1.34. The zero-order valence-electron chi connectivity index (χ0n) is 26.7. The van der Waals surface area contributed by atoms with Crippen molar-refractivity contribution in [3.63, 3.8) is 0 Å². The molecule has 0 fully saturated rings. The predicted octanol–water partition coefficient (Wildman–Crippen LogP) is 9.80. The molecular formula is C43H37N2O+. The second-order valence-corrected chi connectivity index (χ2v) is 13.0. The SMILES string of the molecule is Cc1cc(-[n+]2c(-c3ccccc3)cc(-c3ccccc3)cc2-c2ccccc2)cc2c1OC1(C=C2)N(C)c2ccccc2C1(C)C. The van der Waals surface area contributed by atoms with Crippen molar-refractivity contribution in [1.29, 1.82) is 0 Å². The Hall–Kier alpha value is -5.41. The van der Waals surface area contributed by atoms with E-state index in [4.69, 9.17) is 4.74 Å². The number of rotatable bonds is 4. The average Bonchev–Trinajstić information content (AvgIpc) is 3.26. The number of pyridine rings is 1. The zero-order valence-corrected chi connectivity index (χ0v) is 26.7. The Bertz CT molecular complexity index is 2060. The summed E-state index contributed by atoms with van der Waals surface area (Å²) in [6.07, 6.45) is 4.53. The standard InChI is InChI=1S/C43H37N2O/c1-30-26-36(27-34-24-25-43(46-41(30)34)42(2,3)37-22-14-15-23-38(37)44(43)4)45-39(32-18-10-6-11-19-32)28-35(31-16-8-5-9-17-31)29-40(45)33-20-12-7-13-21-33/h5-29H,1-4H3/q+1. The highest BCUT2D eigenvalue weighted by Crippen LogP contribution is 2.54. The molecule has 1 unspecified atom stereocenters. The lowest BCUT2D eigenvalue weighted by Gasteiger charge is -2.46. The molecule has 0 saturated carbocycles. The Morgan fingerprint density at radius 2 is 1.15 bits per heavy atom. The van der Waals surface area contributed by atoms with Crippen LogP contribution in [-0.2, 0) is 5.41 Å². The maximum Gasteiger partial charge on any atom is 0.219 e. The largest absolute Gasteiger partial charge is 0.462 e. The van der Waals surface area contributed by atoms with Crippen molar-refractivity contribution in [2.75, 3.05) is 11.9 Å². The van der Waals surface area contributed by atoms with E-state index in [1.807, 2.05) is 0 Å². The van der Waals surface area contributed by atoms with E-state index in [0.717, 1.165) is 45.1 Å². The molecule has 0 radical (unpaired) electrons. The second kappa shape index (κ2) is 10.6. The highest BCUT2D eigenvalue weighted by molar-refractivity contribution is 5.76. The average molecular weight is 598 g/mol. The molecule has 2 aliphatic heterocycles. The van der Waals surface area contributed by atoms with E-state index in [9.17, 15) is 0 Å². The molecule has 0 saturated heterocycles. The molecule has 1 spiro atoms. The summed E-state index contributed by atoms with van der Waals surface area (Å²) in [5.74, 6) is 0.933. The highest BCUT2D eigenvalue weighted by Gasteiger charge is 2.57. The molecule has 1 atom stereocenters. The first-order chi connectivity index (χ1) is 22.4. The first kappa shape index (κ1) is 28.1. The monoisotopic (exact) mass is 597 g/mol. The van der Waals surface area contributed by atoms with E-state index in [0.29, 0.717) is 0 Å². The van der Waals surface area contributed by atoms with Gasteiger partial charge in [0.05, 0.1) is 5.41 Å². The van der Waals surface area contributed by atoms with Gasteiger partial charge in [0.15, 0.2) is 0 Å². The topological polar surface area (TPSA) is 16.4 Å². The van der Waals surface area contributed by atoms with Gasteiger partial charge in [0, 0.05) is 53.7 Å². The molecule has 1 aromatic heterocycles. The van der Waals surface area contributed by atoms with Gasteiger partial charge in [-0.05, 0) is 85.5 Å². The molecule has 3 nitrogen and oxygen atoms in total. The van der Waals surface area contributed by atoms with Crippen molar-refractivity contribution in [3.05, 3.63) is 162 Å². The van der Waals surface area contributed by atoms with Crippen molar-refractivity contribution in [2.24, 2.45) is 0 Å². The summed E-state index contributed by atoms with van der Waals surface area (Å²) in [7, 11) is 2.15. The molecule has 224 valence electrons. The summed E-state index contributed by atoms with van der Waals surface area (Å²) in [6.45, 7) is 6.75. The first-order valence-corrected chi connectivity index (χ1v) is 16.0. The number of nitrogens with zero attached hydrogens (tertiary/aromatic N) is 2. The zero-order chi connectivity index (χ0) is 31.5. The van der Waals surface area contributed by atoms with Gasteiger partial charge in [0.2, 0.25) is 22.8 Å². The molecule has 5 aromatic carbocycles. The van der Waals surface area contributed by atoms with Crippen LogP contribution in [0.3, 0.4) is 0 Å². The van der Waals surface area contributed by atoms with Crippen LogP contribution in [0.15, 0.2) is 146 Å². The summed E-state index contributed by atoms with van der Waals surface area (Å²) in [6, 6.07) is 49.9. The van der Waals surface area contributed by atoms with E-state index in [1.165, 1.54) is 22.4 Å². The molecule has 46 heavy (non-hydrogen) atoms. The molecule has 0 amide bonds. The van der Waals surface area contributed by atoms with Crippen LogP contribution in [0.5, 0.6) is 5.75 Å². The minimum Gasteiger partial charge on any atom is -0.462 e. The molecule has 0 bridgehead atoms. The predicted molar refractivity (Wildman–Crippen MR) is 189 cm³/mol. The van der Waals surface area contributed by atoms with Crippen LogP contribution in [0.2, 0.25) is 0 Å². The van der Waals surface area contributed by atoms with Gasteiger partial charge in [-0.2, -0.15) is 4.57 Å². The highest BCUT2D eigenvalue weighted by atomic mass is 16.5. The summed E-state index contributed by atoms with van der Waals surface area (Å²) >= 11 is 0. The lowest BCUT2D eigenvalue weighted by atomic mass is 9.76. The minimum absolute atomic E-state index is 0.249. The fraction of sp³-hybridized carbons (Fsp3) is 0.140. The van der Waals surface area contributed by atoms with Crippen molar-refractivity contribution in [2.45, 2.75) is 31.9 Å². The van der Waals surface area contributed by atoms with E-state index >= 15 is 0 Å². The summed E-state index contributed by atoms with van der Waals surface area (Å²) in [4.78, 5) is 2.30. The molecule has 2 aliphatic rings. The number of hydrogen-bond acceptors (Lipinski definition) is 2. The molecule has 3 heterocycles. The number of benzene rings is 5. The third kappa shape index (κ3) is 4.23. The van der Waals surface area contributed by atoms with Crippen molar-refractivity contribution < 1.29 is 9.30 Å². The number of para-hydroxylation sites is 1. The quantitative estimate of drug-likeness (QED) is 0.188. The molecule has 6 aromatic rings. The fourth-order valence-electron chi connectivity index (χ4n) is 7.48. The van der Waals surface area contributed by atoms with Gasteiger partial charge in [0.25, 0.3) is 0 Å². The number of ether oxygens (including phenoxy) is 1.